The van der Waals surface area contributed by atoms with Gasteiger partial charge >= 0.3 is 0 Å². The lowest BCUT2D eigenvalue weighted by Gasteiger charge is -2.30. The number of methoxy groups -OCH3 is 2. The summed E-state index contributed by atoms with van der Waals surface area (Å²) in [5, 5.41) is 7.12. The van der Waals surface area contributed by atoms with Gasteiger partial charge in [0.15, 0.2) is 0 Å². The molecule has 3 aromatic rings. The Labute approximate surface area is 210 Å². The zero-order valence-electron chi connectivity index (χ0n) is 19.8. The Morgan fingerprint density at radius 3 is 2.51 bits per heavy atom. The van der Waals surface area contributed by atoms with Crippen LogP contribution >= 0.6 is 11.6 Å². The van der Waals surface area contributed by atoms with Gasteiger partial charge in [0.2, 0.25) is 0 Å². The Morgan fingerprint density at radius 1 is 1.00 bits per heavy atom. The van der Waals surface area contributed by atoms with E-state index in [1.807, 2.05) is 48.5 Å². The molecular formula is C29H27ClN2O3. The van der Waals surface area contributed by atoms with Crippen molar-refractivity contribution in [3.63, 3.8) is 0 Å². The maximum absolute atomic E-state index is 13.8. The van der Waals surface area contributed by atoms with Gasteiger partial charge in [-0.15, -0.1) is 0 Å². The first-order valence-corrected chi connectivity index (χ1v) is 12.1. The predicted octanol–water partition coefficient (Wildman–Crippen LogP) is 6.79. The molecule has 35 heavy (non-hydrogen) atoms. The lowest BCUT2D eigenvalue weighted by molar-refractivity contribution is 0.0678. The molecule has 3 aromatic carbocycles. The molecule has 2 unspecified atom stereocenters. The van der Waals surface area contributed by atoms with E-state index in [1.54, 1.807) is 43.5 Å². The van der Waals surface area contributed by atoms with Gasteiger partial charge in [0.1, 0.15) is 11.5 Å². The smallest absolute Gasteiger partial charge is 0.274 e. The fraction of sp³-hybridized carbons (Fsp3) is 0.241. The molecule has 0 bridgehead atoms. The van der Waals surface area contributed by atoms with Crippen LogP contribution in [0.25, 0.3) is 6.08 Å². The number of benzene rings is 3. The summed E-state index contributed by atoms with van der Waals surface area (Å²) in [4.78, 5) is 13.8. The Hall–Kier alpha value is -3.57. The summed E-state index contributed by atoms with van der Waals surface area (Å²) in [6.07, 6.45) is 4.99. The van der Waals surface area contributed by atoms with E-state index in [1.165, 1.54) is 0 Å². The number of ether oxygens (including phenoxy) is 2. The first-order chi connectivity index (χ1) is 17.1. The first-order valence-electron chi connectivity index (χ1n) is 11.7. The normalized spacial score (nSPS) is 20.4. The number of fused-ring (bicyclic) bond motifs is 1. The molecule has 0 saturated heterocycles. The molecule has 2 atom stereocenters. The van der Waals surface area contributed by atoms with E-state index in [0.717, 1.165) is 53.2 Å². The highest BCUT2D eigenvalue weighted by Gasteiger charge is 2.45. The highest BCUT2D eigenvalue weighted by atomic mass is 35.5. The fourth-order valence-corrected chi connectivity index (χ4v) is 5.30. The second kappa shape index (κ2) is 9.96. The van der Waals surface area contributed by atoms with Crippen molar-refractivity contribution in [3.8, 4) is 11.5 Å². The molecule has 1 saturated carbocycles. The van der Waals surface area contributed by atoms with E-state index >= 15 is 0 Å². The van der Waals surface area contributed by atoms with Crippen molar-refractivity contribution < 1.29 is 14.3 Å². The molecule has 1 fully saturated rings. The Bertz CT molecular complexity index is 1320. The molecule has 5 nitrogen and oxygen atoms in total. The molecular weight excluding hydrogens is 460 g/mol. The van der Waals surface area contributed by atoms with Crippen LogP contribution in [0.5, 0.6) is 11.5 Å². The molecule has 6 heteroatoms. The summed E-state index contributed by atoms with van der Waals surface area (Å²) in [6.45, 7) is 0. The molecule has 2 aliphatic rings. The van der Waals surface area contributed by atoms with Crippen molar-refractivity contribution in [1.82, 2.24) is 5.01 Å². The monoisotopic (exact) mass is 486 g/mol. The molecule has 1 heterocycles. The molecule has 1 aliphatic heterocycles. The minimum absolute atomic E-state index is 0.0594. The summed E-state index contributed by atoms with van der Waals surface area (Å²) >= 11 is 6.21. The SMILES string of the molecule is COc1ccccc1C=C1CCCC2C1=NN(C(=O)c1cccc(Cl)c1)C2c1ccccc1OC. The summed E-state index contributed by atoms with van der Waals surface area (Å²) in [5.74, 6) is 1.44. The van der Waals surface area contributed by atoms with Crippen molar-refractivity contribution in [1.29, 1.82) is 0 Å². The van der Waals surface area contributed by atoms with Crippen molar-refractivity contribution in [2.75, 3.05) is 14.2 Å². The Kier molecular flexibility index (Phi) is 6.60. The average molecular weight is 487 g/mol. The third-order valence-corrected chi connectivity index (χ3v) is 6.94. The largest absolute Gasteiger partial charge is 0.496 e. The zero-order valence-corrected chi connectivity index (χ0v) is 20.5. The molecule has 5 rings (SSSR count). The van der Waals surface area contributed by atoms with Gasteiger partial charge in [0, 0.05) is 27.6 Å². The van der Waals surface area contributed by atoms with Crippen LogP contribution in [0, 0.1) is 5.92 Å². The van der Waals surface area contributed by atoms with Gasteiger partial charge < -0.3 is 9.47 Å². The van der Waals surface area contributed by atoms with Crippen LogP contribution in [-0.2, 0) is 0 Å². The third-order valence-electron chi connectivity index (χ3n) is 6.71. The molecule has 178 valence electrons. The lowest BCUT2D eigenvalue weighted by Crippen LogP contribution is -2.32. The van der Waals surface area contributed by atoms with E-state index < -0.39 is 0 Å². The van der Waals surface area contributed by atoms with Crippen LogP contribution in [0.3, 0.4) is 0 Å². The number of carbonyl (C=O) groups excluding carboxylic acids is 1. The van der Waals surface area contributed by atoms with Crippen LogP contribution in [0.1, 0.15) is 46.8 Å². The number of hydrogen-bond donors (Lipinski definition) is 0. The fourth-order valence-electron chi connectivity index (χ4n) is 5.11. The lowest BCUT2D eigenvalue weighted by atomic mass is 9.77. The average Bonchev–Trinajstić information content (AvgIpc) is 3.29. The molecule has 0 N–H and O–H groups in total. The predicted molar refractivity (Wildman–Crippen MR) is 139 cm³/mol. The van der Waals surface area contributed by atoms with Crippen molar-refractivity contribution in [2.24, 2.45) is 11.0 Å². The molecule has 0 spiro atoms. The summed E-state index contributed by atoms with van der Waals surface area (Å²) < 4.78 is 11.3. The maximum atomic E-state index is 13.8. The summed E-state index contributed by atoms with van der Waals surface area (Å²) in [7, 11) is 3.34. The van der Waals surface area contributed by atoms with Crippen LogP contribution in [0.2, 0.25) is 5.02 Å². The van der Waals surface area contributed by atoms with Crippen LogP contribution in [0.15, 0.2) is 83.5 Å². The van der Waals surface area contributed by atoms with Crippen molar-refractivity contribution in [3.05, 3.63) is 100 Å². The number of para-hydroxylation sites is 2. The number of halogens is 1. The quantitative estimate of drug-likeness (QED) is 0.398. The van der Waals surface area contributed by atoms with E-state index in [-0.39, 0.29) is 17.9 Å². The minimum atomic E-state index is -0.269. The van der Waals surface area contributed by atoms with Gasteiger partial charge in [-0.1, -0.05) is 54.1 Å². The number of allylic oxidation sites excluding steroid dienone is 1. The van der Waals surface area contributed by atoms with Crippen LogP contribution in [0.4, 0.5) is 0 Å². The maximum Gasteiger partial charge on any atom is 0.274 e. The van der Waals surface area contributed by atoms with Gasteiger partial charge in [-0.3, -0.25) is 4.79 Å². The van der Waals surface area contributed by atoms with Gasteiger partial charge in [0.05, 0.1) is 26.0 Å². The molecule has 0 aromatic heterocycles. The summed E-state index contributed by atoms with van der Waals surface area (Å²) in [6, 6.07) is 22.6. The number of amides is 1. The number of hydrogen-bond acceptors (Lipinski definition) is 4. The van der Waals surface area contributed by atoms with Gasteiger partial charge in [0.25, 0.3) is 5.91 Å². The molecule has 1 aliphatic carbocycles. The van der Waals surface area contributed by atoms with E-state index in [9.17, 15) is 4.79 Å². The van der Waals surface area contributed by atoms with Crippen LogP contribution < -0.4 is 9.47 Å². The van der Waals surface area contributed by atoms with Gasteiger partial charge in [-0.25, -0.2) is 5.01 Å². The van der Waals surface area contributed by atoms with E-state index in [4.69, 9.17) is 26.2 Å². The van der Waals surface area contributed by atoms with Crippen molar-refractivity contribution in [2.45, 2.75) is 25.3 Å². The number of nitrogens with zero attached hydrogens (tertiary/aromatic N) is 2. The Balaban J connectivity index is 1.62. The van der Waals surface area contributed by atoms with E-state index in [2.05, 4.69) is 6.08 Å². The highest BCUT2D eigenvalue weighted by molar-refractivity contribution is 6.31. The summed E-state index contributed by atoms with van der Waals surface area (Å²) in [5.41, 5.74) is 4.55. The van der Waals surface area contributed by atoms with E-state index in [0.29, 0.717) is 10.6 Å². The number of rotatable bonds is 5. The van der Waals surface area contributed by atoms with Crippen molar-refractivity contribution >= 4 is 29.3 Å². The second-order valence-corrected chi connectivity index (χ2v) is 9.18. The first kappa shape index (κ1) is 23.2. The van der Waals surface area contributed by atoms with Crippen LogP contribution in [-0.4, -0.2) is 30.8 Å². The standard InChI is InChI=1S/C29H27ClN2O3/c1-34-25-15-5-3-9-19(25)17-20-10-8-14-24-27(20)31-32(29(33)21-11-7-12-22(30)18-21)28(24)23-13-4-6-16-26(23)35-2/h3-7,9,11-13,15-18,24,28H,8,10,14H2,1-2H3. The highest BCUT2D eigenvalue weighted by Crippen LogP contribution is 2.47. The van der Waals surface area contributed by atoms with Gasteiger partial charge in [-0.05, 0) is 61.2 Å². The molecule has 0 radical (unpaired) electrons. The third kappa shape index (κ3) is 4.44. The van der Waals surface area contributed by atoms with Gasteiger partial charge in [-0.2, -0.15) is 5.10 Å². The molecule has 1 amide bonds. The zero-order chi connectivity index (χ0) is 24.4. The number of carbonyl (C=O) groups is 1. The number of hydrazone groups is 1. The minimum Gasteiger partial charge on any atom is -0.496 e. The Morgan fingerprint density at radius 2 is 1.74 bits per heavy atom. The second-order valence-electron chi connectivity index (χ2n) is 8.74. The topological polar surface area (TPSA) is 51.1 Å².